The lowest BCUT2D eigenvalue weighted by molar-refractivity contribution is -0.126. The van der Waals surface area contributed by atoms with Crippen molar-refractivity contribution < 1.29 is 14.4 Å². The highest BCUT2D eigenvalue weighted by atomic mass is 16.2. The van der Waals surface area contributed by atoms with Crippen molar-refractivity contribution in [1.82, 2.24) is 15.2 Å². The predicted molar refractivity (Wildman–Crippen MR) is 101 cm³/mol. The van der Waals surface area contributed by atoms with E-state index in [1.54, 1.807) is 36.5 Å². The number of pyridine rings is 1. The van der Waals surface area contributed by atoms with Crippen molar-refractivity contribution in [2.75, 3.05) is 0 Å². The Labute approximate surface area is 158 Å². The smallest absolute Gasteiger partial charge is 0.262 e. The number of imide groups is 1. The van der Waals surface area contributed by atoms with E-state index in [1.165, 1.54) is 0 Å². The number of aromatic nitrogens is 1. The standard InChI is InChI=1S/C21H23N3O3/c1-13(2)12-18(19(25)23-14(3)17-10-6-7-11-22-17)24-20(26)15-8-4-5-9-16(15)21(24)27/h4-11,13-14,18H,12H2,1-3H3,(H,23,25). The van der Waals surface area contributed by atoms with Gasteiger partial charge in [0.25, 0.3) is 11.8 Å². The van der Waals surface area contributed by atoms with E-state index in [0.29, 0.717) is 17.5 Å². The van der Waals surface area contributed by atoms with Gasteiger partial charge in [-0.25, -0.2) is 0 Å². The lowest BCUT2D eigenvalue weighted by atomic mass is 10.0. The first kappa shape index (κ1) is 18.8. The molecule has 2 atom stereocenters. The normalized spacial score (nSPS) is 15.6. The largest absolute Gasteiger partial charge is 0.346 e. The number of carbonyl (C=O) groups excluding carboxylic acids is 3. The quantitative estimate of drug-likeness (QED) is 0.798. The first-order valence-corrected chi connectivity index (χ1v) is 9.08. The summed E-state index contributed by atoms with van der Waals surface area (Å²) in [5.41, 5.74) is 1.42. The van der Waals surface area contributed by atoms with Gasteiger partial charge in [0, 0.05) is 6.20 Å². The molecule has 1 aromatic heterocycles. The van der Waals surface area contributed by atoms with E-state index in [4.69, 9.17) is 0 Å². The topological polar surface area (TPSA) is 79.4 Å². The van der Waals surface area contributed by atoms with Crippen LogP contribution in [-0.4, -0.2) is 33.6 Å². The molecule has 2 aromatic rings. The second-order valence-corrected chi connectivity index (χ2v) is 7.16. The van der Waals surface area contributed by atoms with E-state index < -0.39 is 17.9 Å². The van der Waals surface area contributed by atoms with Gasteiger partial charge >= 0.3 is 0 Å². The minimum atomic E-state index is -0.858. The average Bonchev–Trinajstić information content (AvgIpc) is 2.91. The van der Waals surface area contributed by atoms with Crippen molar-refractivity contribution in [2.45, 2.75) is 39.3 Å². The second kappa shape index (κ2) is 7.70. The zero-order chi connectivity index (χ0) is 19.6. The summed E-state index contributed by atoms with van der Waals surface area (Å²) in [6, 6.07) is 11.0. The van der Waals surface area contributed by atoms with Gasteiger partial charge in [0.1, 0.15) is 6.04 Å². The molecule has 0 radical (unpaired) electrons. The molecular weight excluding hydrogens is 342 g/mol. The molecular formula is C21H23N3O3. The number of nitrogens with zero attached hydrogens (tertiary/aromatic N) is 2. The average molecular weight is 365 g/mol. The van der Waals surface area contributed by atoms with Gasteiger partial charge in [-0.1, -0.05) is 32.0 Å². The first-order valence-electron chi connectivity index (χ1n) is 9.08. The molecule has 140 valence electrons. The predicted octanol–water partition coefficient (Wildman–Crippen LogP) is 2.97. The molecule has 1 N–H and O–H groups in total. The number of rotatable bonds is 6. The Balaban J connectivity index is 1.85. The van der Waals surface area contributed by atoms with Gasteiger partial charge in [-0.2, -0.15) is 0 Å². The van der Waals surface area contributed by atoms with Gasteiger partial charge in [-0.05, 0) is 43.5 Å². The molecule has 6 heteroatoms. The van der Waals surface area contributed by atoms with Crippen LogP contribution in [0.25, 0.3) is 0 Å². The fourth-order valence-corrected chi connectivity index (χ4v) is 3.28. The van der Waals surface area contributed by atoms with E-state index >= 15 is 0 Å². The maximum absolute atomic E-state index is 13.0. The molecule has 0 spiro atoms. The molecule has 1 aromatic carbocycles. The van der Waals surface area contributed by atoms with Crippen LogP contribution in [0.1, 0.15) is 59.6 Å². The fourth-order valence-electron chi connectivity index (χ4n) is 3.28. The van der Waals surface area contributed by atoms with E-state index in [9.17, 15) is 14.4 Å². The number of nitrogens with one attached hydrogen (secondary N) is 1. The molecule has 0 saturated carbocycles. The van der Waals surface area contributed by atoms with Crippen LogP contribution in [0.15, 0.2) is 48.7 Å². The molecule has 0 fully saturated rings. The van der Waals surface area contributed by atoms with E-state index in [0.717, 1.165) is 10.6 Å². The highest BCUT2D eigenvalue weighted by Gasteiger charge is 2.42. The highest BCUT2D eigenvalue weighted by Crippen LogP contribution is 2.27. The third-order valence-corrected chi connectivity index (χ3v) is 4.62. The first-order chi connectivity index (χ1) is 12.9. The summed E-state index contributed by atoms with van der Waals surface area (Å²) in [6.45, 7) is 5.75. The number of hydrogen-bond donors (Lipinski definition) is 1. The van der Waals surface area contributed by atoms with Gasteiger partial charge in [-0.3, -0.25) is 24.3 Å². The van der Waals surface area contributed by atoms with Crippen molar-refractivity contribution in [3.05, 3.63) is 65.5 Å². The zero-order valence-corrected chi connectivity index (χ0v) is 15.7. The van der Waals surface area contributed by atoms with Crippen LogP contribution in [0.5, 0.6) is 0 Å². The Morgan fingerprint density at radius 2 is 1.59 bits per heavy atom. The Bertz CT molecular complexity index is 829. The molecule has 2 unspecified atom stereocenters. The summed E-state index contributed by atoms with van der Waals surface area (Å²) in [5, 5.41) is 2.90. The van der Waals surface area contributed by atoms with E-state index in [-0.39, 0.29) is 17.9 Å². The fraction of sp³-hybridized carbons (Fsp3) is 0.333. The molecule has 0 saturated heterocycles. The SMILES string of the molecule is CC(C)CC(C(=O)NC(C)c1ccccn1)N1C(=O)c2ccccc2C1=O. The molecule has 2 heterocycles. The van der Waals surface area contributed by atoms with Crippen molar-refractivity contribution in [3.8, 4) is 0 Å². The summed E-state index contributed by atoms with van der Waals surface area (Å²) < 4.78 is 0. The monoisotopic (exact) mass is 365 g/mol. The Morgan fingerprint density at radius 1 is 1.00 bits per heavy atom. The van der Waals surface area contributed by atoms with Gasteiger partial charge in [0.05, 0.1) is 22.9 Å². The zero-order valence-electron chi connectivity index (χ0n) is 15.7. The van der Waals surface area contributed by atoms with Crippen molar-refractivity contribution in [2.24, 2.45) is 5.92 Å². The molecule has 0 bridgehead atoms. The number of benzene rings is 1. The van der Waals surface area contributed by atoms with Crippen molar-refractivity contribution >= 4 is 17.7 Å². The Morgan fingerprint density at radius 3 is 2.11 bits per heavy atom. The number of amides is 3. The van der Waals surface area contributed by atoms with Gasteiger partial charge in [0.2, 0.25) is 5.91 Å². The molecule has 6 nitrogen and oxygen atoms in total. The summed E-state index contributed by atoms with van der Waals surface area (Å²) in [4.78, 5) is 44.0. The molecule has 3 rings (SSSR count). The second-order valence-electron chi connectivity index (χ2n) is 7.16. The Hall–Kier alpha value is -3.02. The van der Waals surface area contributed by atoms with E-state index in [1.807, 2.05) is 32.9 Å². The molecule has 1 aliphatic heterocycles. The molecule has 27 heavy (non-hydrogen) atoms. The van der Waals surface area contributed by atoms with Crippen molar-refractivity contribution in [1.29, 1.82) is 0 Å². The molecule has 0 aliphatic carbocycles. The third-order valence-electron chi connectivity index (χ3n) is 4.62. The minimum absolute atomic E-state index is 0.134. The van der Waals surface area contributed by atoms with Gasteiger partial charge in [-0.15, -0.1) is 0 Å². The minimum Gasteiger partial charge on any atom is -0.346 e. The molecule has 3 amide bonds. The highest BCUT2D eigenvalue weighted by molar-refractivity contribution is 6.22. The lowest BCUT2D eigenvalue weighted by Gasteiger charge is -2.28. The summed E-state index contributed by atoms with van der Waals surface area (Å²) in [5.74, 6) is -1.05. The third kappa shape index (κ3) is 3.74. The maximum Gasteiger partial charge on any atom is 0.262 e. The molecule has 1 aliphatic rings. The summed E-state index contributed by atoms with van der Waals surface area (Å²) in [6.07, 6.45) is 2.06. The summed E-state index contributed by atoms with van der Waals surface area (Å²) in [7, 11) is 0. The van der Waals surface area contributed by atoms with Crippen LogP contribution >= 0.6 is 0 Å². The van der Waals surface area contributed by atoms with Crippen molar-refractivity contribution in [3.63, 3.8) is 0 Å². The lowest BCUT2D eigenvalue weighted by Crippen LogP contribution is -2.50. The van der Waals surface area contributed by atoms with Crippen LogP contribution < -0.4 is 5.32 Å². The van der Waals surface area contributed by atoms with E-state index in [2.05, 4.69) is 10.3 Å². The number of carbonyl (C=O) groups is 3. The Kier molecular flexibility index (Phi) is 5.35. The number of hydrogen-bond acceptors (Lipinski definition) is 4. The van der Waals surface area contributed by atoms with Crippen LogP contribution in [0.2, 0.25) is 0 Å². The summed E-state index contributed by atoms with van der Waals surface area (Å²) >= 11 is 0. The van der Waals surface area contributed by atoms with Crippen LogP contribution in [0.3, 0.4) is 0 Å². The van der Waals surface area contributed by atoms with Crippen LogP contribution in [-0.2, 0) is 4.79 Å². The van der Waals surface area contributed by atoms with Crippen LogP contribution in [0.4, 0.5) is 0 Å². The van der Waals surface area contributed by atoms with Gasteiger partial charge < -0.3 is 5.32 Å². The maximum atomic E-state index is 13.0. The number of fused-ring (bicyclic) bond motifs is 1. The van der Waals surface area contributed by atoms with Gasteiger partial charge in [0.15, 0.2) is 0 Å². The van der Waals surface area contributed by atoms with Crippen LogP contribution in [0, 0.1) is 5.92 Å².